The highest BCUT2D eigenvalue weighted by Crippen LogP contribution is 2.53. The number of carboxylic acids is 1. The van der Waals surface area contributed by atoms with Gasteiger partial charge in [-0.1, -0.05) is 29.8 Å². The molecule has 11 heteroatoms. The van der Waals surface area contributed by atoms with Gasteiger partial charge in [0.05, 0.1) is 47.4 Å². The van der Waals surface area contributed by atoms with Crippen LogP contribution < -0.4 is 5.32 Å². The van der Waals surface area contributed by atoms with Crippen molar-refractivity contribution in [2.75, 3.05) is 31.6 Å². The standard InChI is InChI=1S/C35H39ClFN3O5S/c36-28-13-22(29(37)16-30(28)38-33(42)27-19-46-31-4-2-1-3-26(27)31)14-32(41)40-17-23(39-12-11-35(20-39)9-10-35)15-24(40)18-45-25-7-5-21(6-8-25)34(43)44/h1-4,13,16,19,21,23-25H,5-12,14-15,17-18,20H2,(H,38,42)(H,43,44)/t21?,23-,24-,25?/m0/s1. The third-order valence-corrected chi connectivity index (χ3v) is 11.9. The minimum atomic E-state index is -0.744. The van der Waals surface area contributed by atoms with Crippen molar-refractivity contribution in [3.05, 3.63) is 63.7 Å². The predicted octanol–water partition coefficient (Wildman–Crippen LogP) is 6.60. The quantitative estimate of drug-likeness (QED) is 0.267. The fourth-order valence-electron chi connectivity index (χ4n) is 7.64. The van der Waals surface area contributed by atoms with E-state index in [4.69, 9.17) is 16.3 Å². The number of carbonyl (C=O) groups is 3. The van der Waals surface area contributed by atoms with Crippen molar-refractivity contribution in [1.82, 2.24) is 9.80 Å². The summed E-state index contributed by atoms with van der Waals surface area (Å²) in [4.78, 5) is 42.6. The van der Waals surface area contributed by atoms with Gasteiger partial charge in [0.15, 0.2) is 0 Å². The molecular formula is C35H39ClFN3O5S. The molecule has 2 saturated carbocycles. The maximum absolute atomic E-state index is 15.5. The number of hydrogen-bond acceptors (Lipinski definition) is 6. The van der Waals surface area contributed by atoms with Gasteiger partial charge >= 0.3 is 5.97 Å². The van der Waals surface area contributed by atoms with E-state index in [2.05, 4.69) is 10.2 Å². The number of rotatable bonds is 9. The minimum Gasteiger partial charge on any atom is -0.481 e. The van der Waals surface area contributed by atoms with Crippen LogP contribution in [0.15, 0.2) is 41.8 Å². The van der Waals surface area contributed by atoms with Crippen molar-refractivity contribution in [3.63, 3.8) is 0 Å². The molecule has 3 aromatic rings. The average molecular weight is 668 g/mol. The van der Waals surface area contributed by atoms with E-state index >= 15 is 4.39 Å². The van der Waals surface area contributed by atoms with Gasteiger partial charge in [-0.2, -0.15) is 0 Å². The van der Waals surface area contributed by atoms with Crippen LogP contribution in [0.3, 0.4) is 0 Å². The van der Waals surface area contributed by atoms with E-state index in [-0.39, 0.29) is 58.6 Å². The number of carboxylic acid groups (broad SMARTS) is 1. The number of benzene rings is 2. The SMILES string of the molecule is O=C(Nc1cc(F)c(CC(=O)N2C[C@@H](N3CCC4(CC4)C3)C[C@H]2COC2CCC(C(=O)O)CC2)cc1Cl)c1csc2ccccc12. The Balaban J connectivity index is 1.02. The Labute approximate surface area is 276 Å². The lowest BCUT2D eigenvalue weighted by Gasteiger charge is -2.30. The van der Waals surface area contributed by atoms with Crippen LogP contribution >= 0.6 is 22.9 Å². The Morgan fingerprint density at radius 2 is 1.89 bits per heavy atom. The van der Waals surface area contributed by atoms with E-state index in [0.717, 1.165) is 29.6 Å². The molecule has 1 aromatic heterocycles. The van der Waals surface area contributed by atoms with Crippen molar-refractivity contribution < 1.29 is 28.6 Å². The van der Waals surface area contributed by atoms with Crippen molar-refractivity contribution in [1.29, 1.82) is 0 Å². The van der Waals surface area contributed by atoms with E-state index in [0.29, 0.717) is 49.8 Å². The van der Waals surface area contributed by atoms with Crippen LogP contribution in [0.4, 0.5) is 10.1 Å². The lowest BCUT2D eigenvalue weighted by atomic mass is 9.87. The Kier molecular flexibility index (Phi) is 8.82. The number of nitrogens with one attached hydrogen (secondary N) is 1. The molecule has 0 unspecified atom stereocenters. The number of amides is 2. The zero-order chi connectivity index (χ0) is 32.0. The molecule has 2 aliphatic heterocycles. The largest absolute Gasteiger partial charge is 0.481 e. The molecule has 244 valence electrons. The van der Waals surface area contributed by atoms with Crippen LogP contribution in [0.5, 0.6) is 0 Å². The lowest BCUT2D eigenvalue weighted by molar-refractivity contribution is -0.144. The Morgan fingerprint density at radius 3 is 2.63 bits per heavy atom. The summed E-state index contributed by atoms with van der Waals surface area (Å²) in [6, 6.07) is 10.3. The second-order valence-corrected chi connectivity index (χ2v) is 15.0. The highest BCUT2D eigenvalue weighted by molar-refractivity contribution is 7.17. The first-order valence-electron chi connectivity index (χ1n) is 16.3. The first-order valence-corrected chi connectivity index (χ1v) is 17.6. The molecule has 0 bridgehead atoms. The van der Waals surface area contributed by atoms with Crippen LogP contribution in [0.25, 0.3) is 10.1 Å². The summed E-state index contributed by atoms with van der Waals surface area (Å²) in [6.07, 6.45) is 7.02. The molecule has 2 atom stereocenters. The molecular weight excluding hydrogens is 629 g/mol. The highest BCUT2D eigenvalue weighted by Gasteiger charge is 2.50. The summed E-state index contributed by atoms with van der Waals surface area (Å²) in [5.41, 5.74) is 1.31. The topological polar surface area (TPSA) is 99.2 Å². The molecule has 4 fully saturated rings. The normalized spacial score (nSPS) is 25.7. The summed E-state index contributed by atoms with van der Waals surface area (Å²) < 4.78 is 22.7. The highest BCUT2D eigenvalue weighted by atomic mass is 35.5. The minimum absolute atomic E-state index is 0.0146. The molecule has 2 saturated heterocycles. The Morgan fingerprint density at radius 1 is 1.11 bits per heavy atom. The van der Waals surface area contributed by atoms with E-state index in [1.165, 1.54) is 42.7 Å². The molecule has 0 radical (unpaired) electrons. The molecule has 2 aromatic carbocycles. The number of halogens is 2. The molecule has 1 spiro atoms. The van der Waals surface area contributed by atoms with Gasteiger partial charge in [-0.05, 0) is 87.1 Å². The number of fused-ring (bicyclic) bond motifs is 1. The number of likely N-dealkylation sites (tertiary alicyclic amines) is 2. The van der Waals surface area contributed by atoms with Gasteiger partial charge < -0.3 is 20.1 Å². The maximum atomic E-state index is 15.5. The van der Waals surface area contributed by atoms with E-state index < -0.39 is 11.8 Å². The molecule has 2 amide bonds. The molecule has 2 N–H and O–H groups in total. The van der Waals surface area contributed by atoms with Gasteiger partial charge in [0.2, 0.25) is 5.91 Å². The molecule has 2 aliphatic carbocycles. The average Bonchev–Trinajstić information content (AvgIpc) is 3.36. The fourth-order valence-corrected chi connectivity index (χ4v) is 8.81. The predicted molar refractivity (Wildman–Crippen MR) is 176 cm³/mol. The van der Waals surface area contributed by atoms with Crippen molar-refractivity contribution >= 4 is 56.5 Å². The van der Waals surface area contributed by atoms with Crippen molar-refractivity contribution in [3.8, 4) is 0 Å². The second kappa shape index (κ2) is 12.9. The van der Waals surface area contributed by atoms with E-state index in [1.54, 1.807) is 5.38 Å². The molecule has 8 nitrogen and oxygen atoms in total. The van der Waals surface area contributed by atoms with Crippen molar-refractivity contribution in [2.24, 2.45) is 11.3 Å². The Hall–Kier alpha value is -3.05. The van der Waals surface area contributed by atoms with Gasteiger partial charge in [0.25, 0.3) is 5.91 Å². The Bertz CT molecular complexity index is 1650. The third kappa shape index (κ3) is 6.54. The maximum Gasteiger partial charge on any atom is 0.306 e. The lowest BCUT2D eigenvalue weighted by Crippen LogP contribution is -2.41. The monoisotopic (exact) mass is 667 g/mol. The van der Waals surface area contributed by atoms with Crippen LogP contribution in [0.1, 0.15) is 67.3 Å². The van der Waals surface area contributed by atoms with E-state index in [9.17, 15) is 19.5 Å². The van der Waals surface area contributed by atoms with Gasteiger partial charge in [0.1, 0.15) is 5.82 Å². The second-order valence-electron chi connectivity index (χ2n) is 13.7. The van der Waals surface area contributed by atoms with Crippen LogP contribution in [0, 0.1) is 17.2 Å². The fraction of sp³-hybridized carbons (Fsp3) is 0.514. The van der Waals surface area contributed by atoms with Crippen LogP contribution in [-0.2, 0) is 20.7 Å². The molecule has 3 heterocycles. The number of carbonyl (C=O) groups excluding carboxylic acids is 2. The molecule has 7 rings (SSSR count). The van der Waals surface area contributed by atoms with Gasteiger partial charge in [-0.3, -0.25) is 19.3 Å². The van der Waals surface area contributed by atoms with Gasteiger partial charge in [-0.15, -0.1) is 11.3 Å². The molecule has 46 heavy (non-hydrogen) atoms. The zero-order valence-electron chi connectivity index (χ0n) is 25.7. The number of hydrogen-bond donors (Lipinski definition) is 2. The summed E-state index contributed by atoms with van der Waals surface area (Å²) >= 11 is 8.00. The zero-order valence-corrected chi connectivity index (χ0v) is 27.3. The summed E-state index contributed by atoms with van der Waals surface area (Å²) in [6.45, 7) is 3.07. The smallest absolute Gasteiger partial charge is 0.306 e. The third-order valence-electron chi connectivity index (χ3n) is 10.7. The number of anilines is 1. The van der Waals surface area contributed by atoms with Gasteiger partial charge in [0, 0.05) is 34.6 Å². The number of thiophene rings is 1. The summed E-state index contributed by atoms with van der Waals surface area (Å²) in [5, 5.41) is 14.8. The number of nitrogens with zero attached hydrogens (tertiary/aromatic N) is 2. The number of ether oxygens (including phenoxy) is 1. The summed E-state index contributed by atoms with van der Waals surface area (Å²) in [7, 11) is 0. The van der Waals surface area contributed by atoms with Crippen LogP contribution in [0.2, 0.25) is 5.02 Å². The van der Waals surface area contributed by atoms with Gasteiger partial charge in [-0.25, -0.2) is 4.39 Å². The summed E-state index contributed by atoms with van der Waals surface area (Å²) in [5.74, 6) is -2.21. The van der Waals surface area contributed by atoms with E-state index in [1.807, 2.05) is 29.2 Å². The number of aliphatic carboxylic acids is 1. The van der Waals surface area contributed by atoms with Crippen molar-refractivity contribution in [2.45, 2.75) is 76.0 Å². The van der Waals surface area contributed by atoms with Crippen LogP contribution in [-0.4, -0.2) is 77.1 Å². The molecule has 4 aliphatic rings. The first-order chi connectivity index (χ1) is 22.2. The first kappa shape index (κ1) is 31.5.